The summed E-state index contributed by atoms with van der Waals surface area (Å²) in [6, 6.07) is 13.6. The summed E-state index contributed by atoms with van der Waals surface area (Å²) in [5, 5.41) is 3.06. The molecular formula is C22H28N2O4S. The van der Waals surface area contributed by atoms with E-state index >= 15 is 0 Å². The van der Waals surface area contributed by atoms with E-state index in [1.807, 2.05) is 18.2 Å². The van der Waals surface area contributed by atoms with Crippen molar-refractivity contribution >= 4 is 21.5 Å². The summed E-state index contributed by atoms with van der Waals surface area (Å²) in [6.07, 6.45) is 1.03. The van der Waals surface area contributed by atoms with Gasteiger partial charge in [0.1, 0.15) is 5.75 Å². The van der Waals surface area contributed by atoms with Crippen LogP contribution >= 0.6 is 0 Å². The molecule has 1 heterocycles. The van der Waals surface area contributed by atoms with Crippen LogP contribution in [0.2, 0.25) is 0 Å². The van der Waals surface area contributed by atoms with E-state index < -0.39 is 10.0 Å². The predicted octanol–water partition coefficient (Wildman–Crippen LogP) is 3.66. The van der Waals surface area contributed by atoms with Crippen LogP contribution in [-0.2, 0) is 10.0 Å². The summed E-state index contributed by atoms with van der Waals surface area (Å²) < 4.78 is 33.0. The van der Waals surface area contributed by atoms with Crippen LogP contribution in [0.1, 0.15) is 30.6 Å². The normalized spacial score (nSPS) is 20.2. The molecule has 0 radical (unpaired) electrons. The largest absolute Gasteiger partial charge is 0.495 e. The van der Waals surface area contributed by atoms with Crippen LogP contribution in [-0.4, -0.2) is 45.3 Å². The van der Waals surface area contributed by atoms with Crippen molar-refractivity contribution in [3.63, 3.8) is 0 Å². The van der Waals surface area contributed by atoms with E-state index in [-0.39, 0.29) is 17.2 Å². The number of carbonyl (C=O) groups is 1. The number of nitrogens with zero attached hydrogens (tertiary/aromatic N) is 1. The molecule has 6 nitrogen and oxygen atoms in total. The van der Waals surface area contributed by atoms with Gasteiger partial charge in [0.05, 0.1) is 24.2 Å². The fourth-order valence-electron chi connectivity index (χ4n) is 3.85. The number of rotatable bonds is 7. The topological polar surface area (TPSA) is 75.7 Å². The molecule has 7 heteroatoms. The van der Waals surface area contributed by atoms with Gasteiger partial charge in [-0.15, -0.1) is 0 Å². The molecule has 0 aromatic heterocycles. The van der Waals surface area contributed by atoms with Gasteiger partial charge in [0.15, 0.2) is 5.78 Å². The summed E-state index contributed by atoms with van der Waals surface area (Å²) in [5.41, 5.74) is 1.08. The molecule has 0 amide bonds. The molecule has 2 aromatic carbocycles. The average Bonchev–Trinajstić information content (AvgIpc) is 2.71. The Kier molecular flexibility index (Phi) is 6.59. The van der Waals surface area contributed by atoms with Crippen LogP contribution in [0.4, 0.5) is 5.69 Å². The van der Waals surface area contributed by atoms with Crippen molar-refractivity contribution in [3.8, 4) is 5.75 Å². The third-order valence-electron chi connectivity index (χ3n) is 5.18. The lowest BCUT2D eigenvalue weighted by Crippen LogP contribution is -2.42. The second-order valence-electron chi connectivity index (χ2n) is 7.77. The molecule has 3 rings (SSSR count). The lowest BCUT2D eigenvalue weighted by Gasteiger charge is -2.34. The van der Waals surface area contributed by atoms with Gasteiger partial charge in [-0.2, -0.15) is 4.31 Å². The van der Waals surface area contributed by atoms with Crippen LogP contribution in [0.5, 0.6) is 5.75 Å². The summed E-state index contributed by atoms with van der Waals surface area (Å²) >= 11 is 0. The molecule has 0 aliphatic carbocycles. The van der Waals surface area contributed by atoms with Crippen molar-refractivity contribution in [1.82, 2.24) is 4.31 Å². The van der Waals surface area contributed by atoms with E-state index in [4.69, 9.17) is 4.74 Å². The first-order chi connectivity index (χ1) is 13.8. The highest BCUT2D eigenvalue weighted by Crippen LogP contribution is 2.27. The number of carbonyl (C=O) groups excluding carboxylic acids is 1. The highest BCUT2D eigenvalue weighted by molar-refractivity contribution is 7.89. The molecule has 156 valence electrons. The quantitative estimate of drug-likeness (QED) is 0.697. The van der Waals surface area contributed by atoms with Crippen molar-refractivity contribution in [2.75, 3.05) is 32.1 Å². The summed E-state index contributed by atoms with van der Waals surface area (Å²) in [5.74, 6) is 1.10. The molecule has 1 aliphatic heterocycles. The van der Waals surface area contributed by atoms with Crippen molar-refractivity contribution in [3.05, 3.63) is 54.1 Å². The fraction of sp³-hybridized carbons (Fsp3) is 0.409. The van der Waals surface area contributed by atoms with Gasteiger partial charge in [-0.1, -0.05) is 38.1 Å². The van der Waals surface area contributed by atoms with Crippen molar-refractivity contribution < 1.29 is 17.9 Å². The Morgan fingerprint density at radius 2 is 1.79 bits per heavy atom. The zero-order chi connectivity index (χ0) is 21.0. The zero-order valence-electron chi connectivity index (χ0n) is 17.1. The van der Waals surface area contributed by atoms with Crippen molar-refractivity contribution in [2.45, 2.75) is 25.2 Å². The first-order valence-corrected chi connectivity index (χ1v) is 11.3. The SMILES string of the molecule is COc1ccccc1NCC(=O)c1cccc(S(=O)(=O)N2CC(C)CC(C)C2)c1. The Balaban J connectivity index is 1.75. The zero-order valence-corrected chi connectivity index (χ0v) is 17.9. The number of para-hydroxylation sites is 2. The number of ketones is 1. The number of ether oxygens (including phenoxy) is 1. The maximum Gasteiger partial charge on any atom is 0.243 e. The molecule has 1 N–H and O–H groups in total. The predicted molar refractivity (Wildman–Crippen MR) is 114 cm³/mol. The standard InChI is InChI=1S/C22H28N2O4S/c1-16-11-17(2)15-24(14-16)29(26,27)19-8-6-7-18(12-19)21(25)13-23-20-9-4-5-10-22(20)28-3/h4-10,12,16-17,23H,11,13-15H2,1-3H3. The minimum atomic E-state index is -3.62. The molecule has 2 atom stereocenters. The monoisotopic (exact) mass is 416 g/mol. The van der Waals surface area contributed by atoms with Crippen molar-refractivity contribution in [1.29, 1.82) is 0 Å². The first kappa shape index (κ1) is 21.3. The van der Waals surface area contributed by atoms with Gasteiger partial charge in [0.25, 0.3) is 0 Å². The molecule has 29 heavy (non-hydrogen) atoms. The molecule has 0 saturated carbocycles. The molecule has 1 aliphatic rings. The number of hydrogen-bond donors (Lipinski definition) is 1. The molecule has 2 aromatic rings. The van der Waals surface area contributed by atoms with E-state index in [2.05, 4.69) is 19.2 Å². The van der Waals surface area contributed by atoms with Gasteiger partial charge < -0.3 is 10.1 Å². The van der Waals surface area contributed by atoms with E-state index in [0.29, 0.717) is 41.9 Å². The summed E-state index contributed by atoms with van der Waals surface area (Å²) in [6.45, 7) is 5.21. The third kappa shape index (κ3) is 4.97. The first-order valence-electron chi connectivity index (χ1n) is 9.81. The maximum absolute atomic E-state index is 13.1. The number of hydrogen-bond acceptors (Lipinski definition) is 5. The van der Waals surface area contributed by atoms with Gasteiger partial charge in [0.2, 0.25) is 10.0 Å². The van der Waals surface area contributed by atoms with E-state index in [1.165, 1.54) is 6.07 Å². The Morgan fingerprint density at radius 1 is 1.10 bits per heavy atom. The maximum atomic E-state index is 13.1. The van der Waals surface area contributed by atoms with Gasteiger partial charge in [-0.25, -0.2) is 8.42 Å². The Labute approximate surface area is 172 Å². The lowest BCUT2D eigenvalue weighted by atomic mass is 9.94. The second-order valence-corrected chi connectivity index (χ2v) is 9.71. The summed E-state index contributed by atoms with van der Waals surface area (Å²) in [4.78, 5) is 12.8. The highest BCUT2D eigenvalue weighted by Gasteiger charge is 2.31. The van der Waals surface area contributed by atoms with Crippen LogP contribution in [0, 0.1) is 11.8 Å². The minimum Gasteiger partial charge on any atom is -0.495 e. The molecule has 1 fully saturated rings. The van der Waals surface area contributed by atoms with Crippen LogP contribution < -0.4 is 10.1 Å². The number of nitrogens with one attached hydrogen (secondary N) is 1. The smallest absolute Gasteiger partial charge is 0.243 e. The molecule has 0 spiro atoms. The number of benzene rings is 2. The molecule has 1 saturated heterocycles. The van der Waals surface area contributed by atoms with Crippen LogP contribution in [0.15, 0.2) is 53.4 Å². The second kappa shape index (κ2) is 8.97. The van der Waals surface area contributed by atoms with Gasteiger partial charge in [0, 0.05) is 18.7 Å². The molecular weight excluding hydrogens is 388 g/mol. The lowest BCUT2D eigenvalue weighted by molar-refractivity contribution is 0.101. The van der Waals surface area contributed by atoms with Gasteiger partial charge in [-0.3, -0.25) is 4.79 Å². The average molecular weight is 417 g/mol. The number of piperidine rings is 1. The molecule has 2 unspecified atom stereocenters. The number of anilines is 1. The highest BCUT2D eigenvalue weighted by atomic mass is 32.2. The van der Waals surface area contributed by atoms with E-state index in [1.54, 1.807) is 35.7 Å². The van der Waals surface area contributed by atoms with E-state index in [9.17, 15) is 13.2 Å². The Morgan fingerprint density at radius 3 is 2.48 bits per heavy atom. The number of methoxy groups -OCH3 is 1. The Bertz CT molecular complexity index is 964. The van der Waals surface area contributed by atoms with Crippen LogP contribution in [0.25, 0.3) is 0 Å². The molecule has 0 bridgehead atoms. The number of Topliss-reactive ketones (excluding diaryl/α,β-unsaturated/α-hetero) is 1. The van der Waals surface area contributed by atoms with Gasteiger partial charge >= 0.3 is 0 Å². The number of sulfonamides is 1. The Hall–Kier alpha value is -2.38. The van der Waals surface area contributed by atoms with Crippen LogP contribution in [0.3, 0.4) is 0 Å². The summed E-state index contributed by atoms with van der Waals surface area (Å²) in [7, 11) is -2.05. The minimum absolute atomic E-state index is 0.0433. The van der Waals surface area contributed by atoms with Gasteiger partial charge in [-0.05, 0) is 42.5 Å². The third-order valence-corrected chi connectivity index (χ3v) is 7.00. The fourth-order valence-corrected chi connectivity index (χ4v) is 5.58. The van der Waals surface area contributed by atoms with Crippen molar-refractivity contribution in [2.24, 2.45) is 11.8 Å². The van der Waals surface area contributed by atoms with E-state index in [0.717, 1.165) is 6.42 Å².